The summed E-state index contributed by atoms with van der Waals surface area (Å²) in [6.45, 7) is 0. The minimum Gasteiger partial charge on any atom is -0.245 e. The zero-order chi connectivity index (χ0) is 18.2. The summed E-state index contributed by atoms with van der Waals surface area (Å²) in [7, 11) is 0. The van der Waals surface area contributed by atoms with E-state index in [-0.39, 0.29) is 0 Å². The summed E-state index contributed by atoms with van der Waals surface area (Å²) in [4.78, 5) is 14.2. The molecule has 128 valence electrons. The summed E-state index contributed by atoms with van der Waals surface area (Å²) in [5, 5.41) is 2.06. The molecule has 5 rings (SSSR count). The van der Waals surface area contributed by atoms with Crippen molar-refractivity contribution >= 4 is 37.7 Å². The number of aromatic nitrogens is 3. The summed E-state index contributed by atoms with van der Waals surface area (Å²) in [5.74, 6) is 0. The second-order valence-corrected chi connectivity index (χ2v) is 7.01. The predicted octanol–water partition coefficient (Wildman–Crippen LogP) is 6.27. The summed E-state index contributed by atoms with van der Waals surface area (Å²) < 4.78 is 0.563. The molecule has 0 spiro atoms. The quantitative estimate of drug-likeness (QED) is 0.253. The highest BCUT2D eigenvalue weighted by Crippen LogP contribution is 2.32. The Balaban J connectivity index is 1.83. The topological polar surface area (TPSA) is 38.7 Å². The number of rotatable bonds is 2. The van der Waals surface area contributed by atoms with E-state index in [2.05, 4.69) is 74.4 Å². The Morgan fingerprint density at radius 1 is 0.556 bits per heavy atom. The van der Waals surface area contributed by atoms with E-state index in [1.165, 1.54) is 0 Å². The first-order valence-corrected chi connectivity index (χ1v) is 9.47. The van der Waals surface area contributed by atoms with Gasteiger partial charge in [-0.3, -0.25) is 0 Å². The molecule has 4 heteroatoms. The van der Waals surface area contributed by atoms with Crippen LogP contribution in [0.1, 0.15) is 0 Å². The molecule has 0 aliphatic heterocycles. The average Bonchev–Trinajstić information content (AvgIpc) is 2.74. The van der Waals surface area contributed by atoms with Gasteiger partial charge in [-0.25, -0.2) is 15.0 Å². The van der Waals surface area contributed by atoms with E-state index >= 15 is 0 Å². The molecular weight excluding hydrogens is 398 g/mol. The Morgan fingerprint density at radius 3 is 1.96 bits per heavy atom. The van der Waals surface area contributed by atoms with Crippen molar-refractivity contribution in [3.05, 3.63) is 89.7 Å². The largest absolute Gasteiger partial charge is 0.245 e. The molecule has 0 saturated carbocycles. The van der Waals surface area contributed by atoms with E-state index in [1.54, 1.807) is 0 Å². The van der Waals surface area contributed by atoms with Gasteiger partial charge in [-0.1, -0.05) is 72.8 Å². The molecule has 27 heavy (non-hydrogen) atoms. The SMILES string of the molecule is Brc1nc(-c2ccccc2)c2ccc3ccc(-c4ccccc4)nc3c2n1. The molecule has 0 unspecified atom stereocenters. The molecule has 2 aromatic heterocycles. The highest BCUT2D eigenvalue weighted by Gasteiger charge is 2.13. The smallest absolute Gasteiger partial charge is 0.197 e. The molecule has 0 saturated heterocycles. The van der Waals surface area contributed by atoms with Crippen molar-refractivity contribution in [2.24, 2.45) is 0 Å². The van der Waals surface area contributed by atoms with Crippen LogP contribution in [0.2, 0.25) is 0 Å². The number of fused-ring (bicyclic) bond motifs is 3. The van der Waals surface area contributed by atoms with Gasteiger partial charge in [-0.05, 0) is 28.1 Å². The Morgan fingerprint density at radius 2 is 1.22 bits per heavy atom. The zero-order valence-corrected chi connectivity index (χ0v) is 15.9. The fourth-order valence-electron chi connectivity index (χ4n) is 3.33. The standard InChI is InChI=1S/C23H14BrN3/c24-23-26-20(16-9-5-2-6-10-16)18-13-11-17-12-14-19(15-7-3-1-4-8-15)25-21(17)22(18)27-23/h1-14H. The van der Waals surface area contributed by atoms with Crippen molar-refractivity contribution in [1.82, 2.24) is 15.0 Å². The van der Waals surface area contributed by atoms with Crippen LogP contribution in [0.3, 0.4) is 0 Å². The lowest BCUT2D eigenvalue weighted by atomic mass is 10.0. The predicted molar refractivity (Wildman–Crippen MR) is 113 cm³/mol. The molecular formula is C23H14BrN3. The average molecular weight is 412 g/mol. The fraction of sp³-hybridized carbons (Fsp3) is 0. The van der Waals surface area contributed by atoms with Crippen LogP contribution in [0.15, 0.2) is 89.7 Å². The maximum atomic E-state index is 4.94. The third-order valence-electron chi connectivity index (χ3n) is 4.62. The van der Waals surface area contributed by atoms with Crippen molar-refractivity contribution in [3.8, 4) is 22.5 Å². The van der Waals surface area contributed by atoms with Crippen LogP contribution in [0.4, 0.5) is 0 Å². The van der Waals surface area contributed by atoms with Gasteiger partial charge >= 0.3 is 0 Å². The van der Waals surface area contributed by atoms with Gasteiger partial charge in [0.25, 0.3) is 0 Å². The molecule has 0 N–H and O–H groups in total. The molecule has 0 amide bonds. The van der Waals surface area contributed by atoms with E-state index in [1.807, 2.05) is 36.4 Å². The molecule has 0 radical (unpaired) electrons. The summed E-state index contributed by atoms with van der Waals surface area (Å²) in [6, 6.07) is 28.7. The monoisotopic (exact) mass is 411 g/mol. The van der Waals surface area contributed by atoms with Crippen molar-refractivity contribution < 1.29 is 0 Å². The molecule has 0 fully saturated rings. The van der Waals surface area contributed by atoms with Gasteiger partial charge in [0.05, 0.1) is 16.9 Å². The van der Waals surface area contributed by atoms with Crippen molar-refractivity contribution in [2.75, 3.05) is 0 Å². The summed E-state index contributed by atoms with van der Waals surface area (Å²) in [5.41, 5.74) is 5.73. The van der Waals surface area contributed by atoms with Crippen LogP contribution >= 0.6 is 15.9 Å². The first-order chi connectivity index (χ1) is 13.3. The highest BCUT2D eigenvalue weighted by molar-refractivity contribution is 9.10. The zero-order valence-electron chi connectivity index (χ0n) is 14.3. The number of benzene rings is 3. The molecule has 3 nitrogen and oxygen atoms in total. The van der Waals surface area contributed by atoms with Crippen LogP contribution in [0.5, 0.6) is 0 Å². The third kappa shape index (κ3) is 2.88. The van der Waals surface area contributed by atoms with Crippen LogP contribution in [0, 0.1) is 0 Å². The van der Waals surface area contributed by atoms with Gasteiger partial charge < -0.3 is 0 Å². The van der Waals surface area contributed by atoms with Gasteiger partial charge in [0.2, 0.25) is 0 Å². The lowest BCUT2D eigenvalue weighted by Crippen LogP contribution is -1.94. The summed E-state index contributed by atoms with van der Waals surface area (Å²) >= 11 is 3.48. The van der Waals surface area contributed by atoms with Crippen molar-refractivity contribution in [3.63, 3.8) is 0 Å². The van der Waals surface area contributed by atoms with Crippen LogP contribution in [-0.4, -0.2) is 15.0 Å². The van der Waals surface area contributed by atoms with E-state index in [4.69, 9.17) is 4.98 Å². The van der Waals surface area contributed by atoms with Gasteiger partial charge in [-0.2, -0.15) is 0 Å². The van der Waals surface area contributed by atoms with Gasteiger partial charge in [0.15, 0.2) is 4.73 Å². The molecule has 0 aliphatic rings. The molecule has 5 aromatic rings. The second kappa shape index (κ2) is 6.56. The Bertz CT molecular complexity index is 1270. The number of halogens is 1. The molecule has 2 heterocycles. The Labute approximate surface area is 164 Å². The van der Waals surface area contributed by atoms with E-state index in [0.29, 0.717) is 4.73 Å². The minimum absolute atomic E-state index is 0.563. The number of nitrogens with zero attached hydrogens (tertiary/aromatic N) is 3. The maximum Gasteiger partial charge on any atom is 0.197 e. The maximum absolute atomic E-state index is 4.94. The first-order valence-electron chi connectivity index (χ1n) is 8.67. The van der Waals surface area contributed by atoms with Crippen LogP contribution < -0.4 is 0 Å². The van der Waals surface area contributed by atoms with Crippen molar-refractivity contribution in [1.29, 1.82) is 0 Å². The molecule has 0 aliphatic carbocycles. The number of hydrogen-bond acceptors (Lipinski definition) is 3. The molecule has 0 bridgehead atoms. The van der Waals surface area contributed by atoms with Gasteiger partial charge in [0.1, 0.15) is 5.52 Å². The van der Waals surface area contributed by atoms with E-state index in [0.717, 1.165) is 44.3 Å². The first kappa shape index (κ1) is 16.1. The number of hydrogen-bond donors (Lipinski definition) is 0. The van der Waals surface area contributed by atoms with Crippen LogP contribution in [0.25, 0.3) is 44.3 Å². The lowest BCUT2D eigenvalue weighted by molar-refractivity contribution is 1.16. The van der Waals surface area contributed by atoms with E-state index in [9.17, 15) is 0 Å². The lowest BCUT2D eigenvalue weighted by Gasteiger charge is -2.10. The highest BCUT2D eigenvalue weighted by atomic mass is 79.9. The van der Waals surface area contributed by atoms with Gasteiger partial charge in [-0.15, -0.1) is 0 Å². The van der Waals surface area contributed by atoms with Crippen molar-refractivity contribution in [2.45, 2.75) is 0 Å². The van der Waals surface area contributed by atoms with E-state index < -0.39 is 0 Å². The molecule has 3 aromatic carbocycles. The normalized spacial score (nSPS) is 11.1. The Kier molecular flexibility index (Phi) is 3.91. The minimum atomic E-state index is 0.563. The second-order valence-electron chi connectivity index (χ2n) is 6.30. The number of pyridine rings is 1. The Hall–Kier alpha value is -3.11. The molecule has 0 atom stereocenters. The van der Waals surface area contributed by atoms with Gasteiger partial charge in [0, 0.05) is 21.9 Å². The summed E-state index contributed by atoms with van der Waals surface area (Å²) in [6.07, 6.45) is 0. The third-order valence-corrected chi connectivity index (χ3v) is 4.97. The van der Waals surface area contributed by atoms with Crippen LogP contribution in [-0.2, 0) is 0 Å². The fourth-order valence-corrected chi connectivity index (χ4v) is 3.69.